The van der Waals surface area contributed by atoms with E-state index in [1.54, 1.807) is 11.8 Å². The molecule has 5 heteroatoms. The predicted molar refractivity (Wildman–Crippen MR) is 109 cm³/mol. The van der Waals surface area contributed by atoms with Crippen molar-refractivity contribution in [1.82, 2.24) is 9.88 Å². The first-order chi connectivity index (χ1) is 12.8. The Bertz CT molecular complexity index is 918. The minimum absolute atomic E-state index is 0.742. The van der Waals surface area contributed by atoms with Crippen molar-refractivity contribution in [2.24, 2.45) is 0 Å². The number of piperazine rings is 1. The van der Waals surface area contributed by atoms with E-state index in [2.05, 4.69) is 65.8 Å². The first-order valence-corrected chi connectivity index (χ1v) is 9.99. The van der Waals surface area contributed by atoms with Gasteiger partial charge < -0.3 is 9.80 Å². The number of carbonyl (C=O) groups excluding carboxylic acids is 1. The first-order valence-electron chi connectivity index (χ1n) is 8.77. The van der Waals surface area contributed by atoms with Crippen LogP contribution in [-0.2, 0) is 4.79 Å². The normalized spacial score (nSPS) is 14.7. The van der Waals surface area contributed by atoms with Crippen LogP contribution in [0.5, 0.6) is 0 Å². The summed E-state index contributed by atoms with van der Waals surface area (Å²) in [5.41, 5.74) is 2.12. The Labute approximate surface area is 157 Å². The van der Waals surface area contributed by atoms with Crippen LogP contribution in [0.2, 0.25) is 0 Å². The maximum Gasteiger partial charge on any atom is 0.209 e. The van der Waals surface area contributed by atoms with Gasteiger partial charge in [0.15, 0.2) is 0 Å². The average molecular weight is 363 g/mol. The fourth-order valence-corrected chi connectivity index (χ4v) is 3.78. The molecule has 4 rings (SSSR count). The van der Waals surface area contributed by atoms with Crippen LogP contribution in [0.4, 0.5) is 5.82 Å². The zero-order valence-corrected chi connectivity index (χ0v) is 15.6. The van der Waals surface area contributed by atoms with Crippen molar-refractivity contribution < 1.29 is 4.79 Å². The summed E-state index contributed by atoms with van der Waals surface area (Å²) in [6, 6.07) is 19.1. The lowest BCUT2D eigenvalue weighted by Crippen LogP contribution is -2.46. The van der Waals surface area contributed by atoms with Crippen LogP contribution in [-0.4, -0.2) is 48.7 Å². The summed E-state index contributed by atoms with van der Waals surface area (Å²) >= 11 is 1.74. The van der Waals surface area contributed by atoms with E-state index in [0.717, 1.165) is 55.1 Å². The van der Waals surface area contributed by atoms with Crippen LogP contribution in [0.15, 0.2) is 59.5 Å². The van der Waals surface area contributed by atoms with E-state index in [0.29, 0.717) is 0 Å². The molecule has 0 unspecified atom stereocenters. The van der Waals surface area contributed by atoms with Crippen molar-refractivity contribution >= 4 is 34.8 Å². The van der Waals surface area contributed by atoms with E-state index in [-0.39, 0.29) is 0 Å². The SMILES string of the molecule is CSc1ccc(-c2cc3ccccc3c(N3CCN(C=O)CC3)n2)cc1. The van der Waals surface area contributed by atoms with Crippen molar-refractivity contribution in [2.45, 2.75) is 4.90 Å². The third-order valence-electron chi connectivity index (χ3n) is 4.87. The Morgan fingerprint density at radius 2 is 1.73 bits per heavy atom. The molecule has 0 atom stereocenters. The largest absolute Gasteiger partial charge is 0.353 e. The van der Waals surface area contributed by atoms with Gasteiger partial charge in [-0.25, -0.2) is 4.98 Å². The number of fused-ring (bicyclic) bond motifs is 1. The molecule has 2 heterocycles. The summed E-state index contributed by atoms with van der Waals surface area (Å²) in [6.07, 6.45) is 3.02. The summed E-state index contributed by atoms with van der Waals surface area (Å²) in [7, 11) is 0. The first kappa shape index (κ1) is 16.9. The topological polar surface area (TPSA) is 36.4 Å². The lowest BCUT2D eigenvalue weighted by atomic mass is 10.1. The molecule has 1 aliphatic heterocycles. The van der Waals surface area contributed by atoms with E-state index in [1.165, 1.54) is 10.3 Å². The number of benzene rings is 2. The highest BCUT2D eigenvalue weighted by Crippen LogP contribution is 2.31. The molecule has 0 bridgehead atoms. The summed E-state index contributed by atoms with van der Waals surface area (Å²) in [6.45, 7) is 3.10. The monoisotopic (exact) mass is 363 g/mol. The second-order valence-electron chi connectivity index (χ2n) is 6.41. The van der Waals surface area contributed by atoms with Gasteiger partial charge in [-0.2, -0.15) is 0 Å². The maximum atomic E-state index is 11.0. The number of anilines is 1. The molecule has 4 nitrogen and oxygen atoms in total. The van der Waals surface area contributed by atoms with Crippen molar-refractivity contribution in [1.29, 1.82) is 0 Å². The molecule has 1 aliphatic rings. The minimum Gasteiger partial charge on any atom is -0.353 e. The van der Waals surface area contributed by atoms with Crippen LogP contribution in [0.3, 0.4) is 0 Å². The van der Waals surface area contributed by atoms with Gasteiger partial charge in [0.1, 0.15) is 5.82 Å². The number of carbonyl (C=O) groups is 1. The lowest BCUT2D eigenvalue weighted by Gasteiger charge is -2.34. The van der Waals surface area contributed by atoms with Crippen molar-refractivity contribution in [3.05, 3.63) is 54.6 Å². The quantitative estimate of drug-likeness (QED) is 0.520. The zero-order valence-electron chi connectivity index (χ0n) is 14.8. The standard InChI is InChI=1S/C21H21N3OS/c1-26-18-8-6-16(7-9-18)20-14-17-4-2-3-5-19(17)21(22-20)24-12-10-23(15-25)11-13-24/h2-9,14-15H,10-13H2,1H3. The van der Waals surface area contributed by atoms with E-state index >= 15 is 0 Å². The van der Waals surface area contributed by atoms with Gasteiger partial charge in [-0.05, 0) is 29.8 Å². The number of amides is 1. The van der Waals surface area contributed by atoms with Crippen molar-refractivity contribution in [3.63, 3.8) is 0 Å². The fraction of sp³-hybridized carbons (Fsp3) is 0.238. The molecule has 0 saturated carbocycles. The molecule has 0 aliphatic carbocycles. The highest BCUT2D eigenvalue weighted by Gasteiger charge is 2.19. The highest BCUT2D eigenvalue weighted by atomic mass is 32.2. The number of aromatic nitrogens is 1. The molecule has 0 N–H and O–H groups in total. The van der Waals surface area contributed by atoms with Gasteiger partial charge in [-0.1, -0.05) is 36.4 Å². The lowest BCUT2D eigenvalue weighted by molar-refractivity contribution is -0.118. The fourth-order valence-electron chi connectivity index (χ4n) is 3.37. The number of rotatable bonds is 4. The van der Waals surface area contributed by atoms with Gasteiger partial charge in [0.05, 0.1) is 5.69 Å². The molecule has 132 valence electrons. The molecular formula is C21H21N3OS. The molecule has 1 saturated heterocycles. The highest BCUT2D eigenvalue weighted by molar-refractivity contribution is 7.98. The molecule has 1 fully saturated rings. The second kappa shape index (κ2) is 7.38. The Balaban J connectivity index is 1.77. The van der Waals surface area contributed by atoms with E-state index in [9.17, 15) is 4.79 Å². The summed E-state index contributed by atoms with van der Waals surface area (Å²) in [5.74, 6) is 1.01. The van der Waals surface area contributed by atoms with Gasteiger partial charge in [-0.15, -0.1) is 11.8 Å². The molecule has 0 radical (unpaired) electrons. The zero-order chi connectivity index (χ0) is 17.9. The van der Waals surface area contributed by atoms with E-state index < -0.39 is 0 Å². The van der Waals surface area contributed by atoms with Crippen molar-refractivity contribution in [2.75, 3.05) is 37.3 Å². The summed E-state index contributed by atoms with van der Waals surface area (Å²) < 4.78 is 0. The van der Waals surface area contributed by atoms with Gasteiger partial charge in [0.25, 0.3) is 0 Å². The molecule has 3 aromatic rings. The Morgan fingerprint density at radius 1 is 1.00 bits per heavy atom. The van der Waals surface area contributed by atoms with Crippen LogP contribution in [0.1, 0.15) is 0 Å². The number of pyridine rings is 1. The van der Waals surface area contributed by atoms with Gasteiger partial charge in [0, 0.05) is 42.0 Å². The molecule has 2 aromatic carbocycles. The van der Waals surface area contributed by atoms with E-state index in [1.807, 2.05) is 4.90 Å². The number of hydrogen-bond donors (Lipinski definition) is 0. The summed E-state index contributed by atoms with van der Waals surface area (Å²) in [5, 5.41) is 2.36. The van der Waals surface area contributed by atoms with Gasteiger partial charge in [-0.3, -0.25) is 4.79 Å². The molecule has 1 aromatic heterocycles. The van der Waals surface area contributed by atoms with Crippen LogP contribution in [0.25, 0.3) is 22.0 Å². The van der Waals surface area contributed by atoms with E-state index in [4.69, 9.17) is 4.98 Å². The van der Waals surface area contributed by atoms with Crippen LogP contribution >= 0.6 is 11.8 Å². The maximum absolute atomic E-state index is 11.0. The third kappa shape index (κ3) is 3.27. The Hall–Kier alpha value is -2.53. The third-order valence-corrected chi connectivity index (χ3v) is 5.61. The molecular weight excluding hydrogens is 342 g/mol. The second-order valence-corrected chi connectivity index (χ2v) is 7.29. The van der Waals surface area contributed by atoms with Crippen LogP contribution < -0.4 is 4.90 Å². The molecule has 26 heavy (non-hydrogen) atoms. The molecule has 1 amide bonds. The number of nitrogens with zero attached hydrogens (tertiary/aromatic N) is 3. The van der Waals surface area contributed by atoms with Gasteiger partial charge in [0.2, 0.25) is 6.41 Å². The summed E-state index contributed by atoms with van der Waals surface area (Å²) in [4.78, 5) is 21.4. The van der Waals surface area contributed by atoms with Crippen LogP contribution in [0, 0.1) is 0 Å². The Kier molecular flexibility index (Phi) is 4.80. The van der Waals surface area contributed by atoms with Crippen molar-refractivity contribution in [3.8, 4) is 11.3 Å². The molecule has 0 spiro atoms. The average Bonchev–Trinajstić information content (AvgIpc) is 2.73. The number of hydrogen-bond acceptors (Lipinski definition) is 4. The predicted octanol–water partition coefficient (Wildman–Crippen LogP) is 3.90. The smallest absolute Gasteiger partial charge is 0.209 e. The minimum atomic E-state index is 0.742. The number of thioether (sulfide) groups is 1. The Morgan fingerprint density at radius 3 is 2.42 bits per heavy atom. The van der Waals surface area contributed by atoms with Gasteiger partial charge >= 0.3 is 0 Å².